The van der Waals surface area contributed by atoms with Crippen LogP contribution in [0.1, 0.15) is 24.1 Å². The second-order valence-electron chi connectivity index (χ2n) is 8.05. The van der Waals surface area contributed by atoms with Crippen LogP contribution in [-0.4, -0.2) is 38.1 Å². The van der Waals surface area contributed by atoms with Crippen LogP contribution >= 0.6 is 11.8 Å². The fourth-order valence-corrected chi connectivity index (χ4v) is 4.87. The largest absolute Gasteiger partial charge is 0.485 e. The highest BCUT2D eigenvalue weighted by molar-refractivity contribution is 7.98. The van der Waals surface area contributed by atoms with Crippen molar-refractivity contribution >= 4 is 34.4 Å². The smallest absolute Gasteiger partial charge is 0.269 e. The summed E-state index contributed by atoms with van der Waals surface area (Å²) in [4.78, 5) is 26.6. The van der Waals surface area contributed by atoms with Crippen LogP contribution in [0.3, 0.4) is 0 Å². The summed E-state index contributed by atoms with van der Waals surface area (Å²) < 4.78 is 13.6. The molecule has 1 amide bonds. The number of aryl methyl sites for hydroxylation is 3. The first kappa shape index (κ1) is 22.2. The Morgan fingerprint density at radius 2 is 1.85 bits per heavy atom. The maximum absolute atomic E-state index is 12.8. The Morgan fingerprint density at radius 3 is 2.62 bits per heavy atom. The zero-order chi connectivity index (χ0) is 23.7. The summed E-state index contributed by atoms with van der Waals surface area (Å²) in [5.41, 5.74) is 4.41. The number of carbonyl (C=O) groups excluding carboxylic acids is 1. The number of anilines is 1. The SMILES string of the molecule is CCn1c(CSc2nc(C)cc(C)n2)nc2cc(NC(=O)[C@H]3COc4ccccc4O3)ccc21. The fourth-order valence-electron chi connectivity index (χ4n) is 3.98. The van der Waals surface area contributed by atoms with Gasteiger partial charge < -0.3 is 19.4 Å². The van der Waals surface area contributed by atoms with Crippen molar-refractivity contribution in [2.45, 2.75) is 44.3 Å². The zero-order valence-corrected chi connectivity index (χ0v) is 20.1. The minimum atomic E-state index is -0.719. The first-order chi connectivity index (χ1) is 16.5. The maximum atomic E-state index is 12.8. The monoisotopic (exact) mass is 475 g/mol. The standard InChI is InChI=1S/C25H25N5O3S/c1-4-30-19-10-9-17(28-24(31)22-13-32-20-7-5-6-8-21(20)33-22)12-18(19)29-23(30)14-34-25-26-15(2)11-16(3)27-25/h5-12,22H,4,13-14H2,1-3H3,(H,28,31)/t22-/m1/s1. The number of rotatable bonds is 6. The van der Waals surface area contributed by atoms with E-state index in [0.29, 0.717) is 22.9 Å². The number of nitrogens with one attached hydrogen (secondary N) is 1. The van der Waals surface area contributed by atoms with Gasteiger partial charge in [-0.3, -0.25) is 4.79 Å². The third-order valence-corrected chi connectivity index (χ3v) is 6.35. The quantitative estimate of drug-likeness (QED) is 0.323. The average Bonchev–Trinajstić information content (AvgIpc) is 3.18. The number of thioether (sulfide) groups is 1. The van der Waals surface area contributed by atoms with Crippen molar-refractivity contribution in [1.29, 1.82) is 0 Å². The van der Waals surface area contributed by atoms with Crippen LogP contribution in [0.25, 0.3) is 11.0 Å². The molecule has 4 aromatic rings. The van der Waals surface area contributed by atoms with E-state index in [1.165, 1.54) is 0 Å². The Balaban J connectivity index is 1.31. The minimum Gasteiger partial charge on any atom is -0.485 e. The lowest BCUT2D eigenvalue weighted by Gasteiger charge is -2.25. The third kappa shape index (κ3) is 4.56. The summed E-state index contributed by atoms with van der Waals surface area (Å²) >= 11 is 1.57. The molecule has 0 saturated carbocycles. The van der Waals surface area contributed by atoms with E-state index in [1.807, 2.05) is 56.3 Å². The number of ether oxygens (including phenoxy) is 2. The van der Waals surface area contributed by atoms with Crippen LogP contribution in [0.5, 0.6) is 11.5 Å². The van der Waals surface area contributed by atoms with Crippen molar-refractivity contribution in [3.63, 3.8) is 0 Å². The molecular weight excluding hydrogens is 450 g/mol. The van der Waals surface area contributed by atoms with Crippen LogP contribution in [0.15, 0.2) is 53.7 Å². The lowest BCUT2D eigenvalue weighted by Crippen LogP contribution is -2.40. The molecule has 1 atom stereocenters. The number of hydrogen-bond acceptors (Lipinski definition) is 7. The van der Waals surface area contributed by atoms with Gasteiger partial charge in [-0.1, -0.05) is 23.9 Å². The number of imidazole rings is 1. The third-order valence-electron chi connectivity index (χ3n) is 5.50. The summed E-state index contributed by atoms with van der Waals surface area (Å²) in [5, 5.41) is 3.68. The first-order valence-corrected chi connectivity index (χ1v) is 12.1. The molecular formula is C25H25N5O3S. The van der Waals surface area contributed by atoms with Gasteiger partial charge >= 0.3 is 0 Å². The van der Waals surface area contributed by atoms with E-state index in [-0.39, 0.29) is 12.5 Å². The van der Waals surface area contributed by atoms with E-state index in [4.69, 9.17) is 14.5 Å². The average molecular weight is 476 g/mol. The van der Waals surface area contributed by atoms with Crippen LogP contribution in [-0.2, 0) is 17.1 Å². The van der Waals surface area contributed by atoms with Crippen LogP contribution < -0.4 is 14.8 Å². The van der Waals surface area contributed by atoms with E-state index in [0.717, 1.165) is 39.9 Å². The predicted octanol–water partition coefficient (Wildman–Crippen LogP) is 4.53. The Bertz CT molecular complexity index is 1350. The van der Waals surface area contributed by atoms with Gasteiger partial charge in [-0.2, -0.15) is 0 Å². The van der Waals surface area contributed by atoms with Gasteiger partial charge in [0.15, 0.2) is 16.7 Å². The first-order valence-electron chi connectivity index (χ1n) is 11.1. The van der Waals surface area contributed by atoms with Crippen LogP contribution in [0, 0.1) is 13.8 Å². The second kappa shape index (κ2) is 9.34. The highest BCUT2D eigenvalue weighted by Gasteiger charge is 2.27. The molecule has 9 heteroatoms. The van der Waals surface area contributed by atoms with Crippen LogP contribution in [0.4, 0.5) is 5.69 Å². The summed E-state index contributed by atoms with van der Waals surface area (Å²) in [6.45, 7) is 6.99. The second-order valence-corrected chi connectivity index (χ2v) is 8.99. The van der Waals surface area contributed by atoms with E-state index in [2.05, 4.69) is 26.8 Å². The Kier molecular flexibility index (Phi) is 6.10. The van der Waals surface area contributed by atoms with Crippen molar-refractivity contribution in [2.75, 3.05) is 11.9 Å². The molecule has 174 valence electrons. The Labute approximate surface area is 201 Å². The maximum Gasteiger partial charge on any atom is 0.269 e. The molecule has 1 aliphatic rings. The van der Waals surface area contributed by atoms with Crippen LogP contribution in [0.2, 0.25) is 0 Å². The Morgan fingerprint density at radius 1 is 1.09 bits per heavy atom. The zero-order valence-electron chi connectivity index (χ0n) is 19.2. The summed E-state index contributed by atoms with van der Waals surface area (Å²) in [6, 6.07) is 15.1. The van der Waals surface area contributed by atoms with Gasteiger partial charge in [-0.25, -0.2) is 15.0 Å². The van der Waals surface area contributed by atoms with Gasteiger partial charge in [0.1, 0.15) is 12.4 Å². The number of amides is 1. The molecule has 8 nitrogen and oxygen atoms in total. The molecule has 1 aliphatic heterocycles. The molecule has 3 heterocycles. The number of carbonyl (C=O) groups is 1. The molecule has 0 bridgehead atoms. The number of para-hydroxylation sites is 2. The van der Waals surface area contributed by atoms with E-state index < -0.39 is 6.10 Å². The van der Waals surface area contributed by atoms with E-state index in [1.54, 1.807) is 17.8 Å². The normalized spacial score (nSPS) is 14.9. The van der Waals surface area contributed by atoms with Crippen molar-refractivity contribution in [3.05, 3.63) is 65.7 Å². The molecule has 5 rings (SSSR count). The molecule has 34 heavy (non-hydrogen) atoms. The molecule has 0 saturated heterocycles. The van der Waals surface area contributed by atoms with Gasteiger partial charge in [0.05, 0.1) is 16.8 Å². The summed E-state index contributed by atoms with van der Waals surface area (Å²) in [5.74, 6) is 2.55. The van der Waals surface area contributed by atoms with E-state index >= 15 is 0 Å². The molecule has 0 fully saturated rings. The highest BCUT2D eigenvalue weighted by Crippen LogP contribution is 2.31. The number of hydrogen-bond donors (Lipinski definition) is 1. The molecule has 1 N–H and O–H groups in total. The molecule has 0 aliphatic carbocycles. The number of fused-ring (bicyclic) bond motifs is 2. The van der Waals surface area contributed by atoms with Crippen molar-refractivity contribution in [2.24, 2.45) is 0 Å². The molecule has 0 spiro atoms. The van der Waals surface area contributed by atoms with Crippen molar-refractivity contribution in [3.8, 4) is 11.5 Å². The molecule has 0 unspecified atom stereocenters. The predicted molar refractivity (Wildman–Crippen MR) is 131 cm³/mol. The van der Waals surface area contributed by atoms with Crippen molar-refractivity contribution in [1.82, 2.24) is 19.5 Å². The molecule has 2 aromatic carbocycles. The van der Waals surface area contributed by atoms with E-state index in [9.17, 15) is 4.79 Å². The van der Waals surface area contributed by atoms with Gasteiger partial charge in [0, 0.05) is 23.6 Å². The topological polar surface area (TPSA) is 91.2 Å². The van der Waals surface area contributed by atoms with Gasteiger partial charge in [-0.15, -0.1) is 0 Å². The fraction of sp³-hybridized carbons (Fsp3) is 0.280. The number of benzene rings is 2. The van der Waals surface area contributed by atoms with Gasteiger partial charge in [-0.05, 0) is 57.2 Å². The van der Waals surface area contributed by atoms with Crippen molar-refractivity contribution < 1.29 is 14.3 Å². The highest BCUT2D eigenvalue weighted by atomic mass is 32.2. The molecule has 0 radical (unpaired) electrons. The Hall–Kier alpha value is -3.59. The lowest BCUT2D eigenvalue weighted by molar-refractivity contribution is -0.125. The lowest BCUT2D eigenvalue weighted by atomic mass is 10.2. The number of nitrogens with zero attached hydrogens (tertiary/aromatic N) is 4. The van der Waals surface area contributed by atoms with Gasteiger partial charge in [0.2, 0.25) is 6.10 Å². The summed E-state index contributed by atoms with van der Waals surface area (Å²) in [6.07, 6.45) is -0.719. The number of aromatic nitrogens is 4. The van der Waals surface area contributed by atoms with Gasteiger partial charge in [0.25, 0.3) is 5.91 Å². The minimum absolute atomic E-state index is 0.164. The molecule has 2 aromatic heterocycles. The summed E-state index contributed by atoms with van der Waals surface area (Å²) in [7, 11) is 0.